The number of carbonyl (C=O) groups excluding carboxylic acids is 6. The summed E-state index contributed by atoms with van der Waals surface area (Å²) in [6, 6.07) is 0. The maximum absolute atomic E-state index is 14.9. The number of Topliss-reactive ketones (excluding diaryl/α,β-unsaturated/α-hetero) is 1. The topological polar surface area (TPSA) is 139 Å². The third kappa shape index (κ3) is 4.93. The molecule has 0 spiro atoms. The third-order valence-electron chi connectivity index (χ3n) is 13.8. The molecule has 5 aliphatic carbocycles. The van der Waals surface area contributed by atoms with Crippen LogP contribution < -0.4 is 0 Å². The van der Waals surface area contributed by atoms with E-state index < -0.39 is 69.0 Å². The average molecular weight is 657 g/mol. The van der Waals surface area contributed by atoms with Gasteiger partial charge in [-0.05, 0) is 72.2 Å². The molecule has 0 amide bonds. The first-order valence-corrected chi connectivity index (χ1v) is 17.1. The molecule has 4 saturated carbocycles. The van der Waals surface area contributed by atoms with E-state index in [1.807, 2.05) is 13.8 Å². The van der Waals surface area contributed by atoms with E-state index in [-0.39, 0.29) is 48.8 Å². The normalized spacial score (nSPS) is 45.6. The molecule has 5 aliphatic rings. The van der Waals surface area contributed by atoms with Crippen molar-refractivity contribution in [3.63, 3.8) is 0 Å². The Morgan fingerprint density at radius 3 is 2.09 bits per heavy atom. The zero-order chi connectivity index (χ0) is 35.1. The number of methoxy groups -OCH3 is 1. The van der Waals surface area contributed by atoms with E-state index in [2.05, 4.69) is 20.8 Å². The Labute approximate surface area is 278 Å². The Kier molecular flexibility index (Phi) is 8.66. The molecule has 0 N–H and O–H groups in total. The van der Waals surface area contributed by atoms with Crippen LogP contribution in [0.3, 0.4) is 0 Å². The summed E-state index contributed by atoms with van der Waals surface area (Å²) < 4.78 is 22.6. The molecule has 47 heavy (non-hydrogen) atoms. The summed E-state index contributed by atoms with van der Waals surface area (Å²) in [5.74, 6) is -3.52. The SMILES string of the molecule is COC(=O)[C@]12CC[C@@H](C)[C@H](C)[C@@H]1C1=CC(=O)[C@@H]3[C@@]4(C)C[C@@H](OC(C)=O)[C@H](OC(C)=O)[C@@](C)(COC(C)=O)[C@@H]4C(=O)C[C@@]3(C)[C@]1(C)CC2. The second kappa shape index (κ2) is 11.5. The Morgan fingerprint density at radius 1 is 0.872 bits per heavy atom. The van der Waals surface area contributed by atoms with Crippen LogP contribution in [0.5, 0.6) is 0 Å². The van der Waals surface area contributed by atoms with Crippen LogP contribution in [0.2, 0.25) is 0 Å². The smallest absolute Gasteiger partial charge is 0.312 e. The fraction of sp³-hybridized carbons (Fsp3) is 0.784. The van der Waals surface area contributed by atoms with Gasteiger partial charge in [0.15, 0.2) is 5.78 Å². The lowest BCUT2D eigenvalue weighted by Crippen LogP contribution is -2.73. The van der Waals surface area contributed by atoms with Crippen LogP contribution in [0.1, 0.15) is 101 Å². The molecule has 0 heterocycles. The molecule has 0 aliphatic heterocycles. The lowest BCUT2D eigenvalue weighted by Gasteiger charge is -2.70. The summed E-state index contributed by atoms with van der Waals surface area (Å²) >= 11 is 0. The Hall–Kier alpha value is -3.04. The zero-order valence-electron chi connectivity index (χ0n) is 29.7. The van der Waals surface area contributed by atoms with E-state index in [1.165, 1.54) is 27.9 Å². The van der Waals surface area contributed by atoms with Gasteiger partial charge in [0.05, 0.1) is 17.9 Å². The van der Waals surface area contributed by atoms with Crippen LogP contribution in [0.25, 0.3) is 0 Å². The summed E-state index contributed by atoms with van der Waals surface area (Å²) in [6.07, 6.45) is 2.67. The first-order valence-electron chi connectivity index (χ1n) is 17.1. The summed E-state index contributed by atoms with van der Waals surface area (Å²) in [5.41, 5.74) is -3.57. The number of ether oxygens (including phenoxy) is 4. The van der Waals surface area contributed by atoms with E-state index in [0.717, 1.165) is 12.0 Å². The number of esters is 4. The third-order valence-corrected chi connectivity index (χ3v) is 13.8. The van der Waals surface area contributed by atoms with Crippen molar-refractivity contribution in [3.8, 4) is 0 Å². The molecule has 12 atom stereocenters. The van der Waals surface area contributed by atoms with Gasteiger partial charge in [-0.1, -0.05) is 47.1 Å². The Bertz CT molecular complexity index is 1430. The van der Waals surface area contributed by atoms with E-state index in [4.69, 9.17) is 18.9 Å². The Morgan fingerprint density at radius 2 is 1.51 bits per heavy atom. The fourth-order valence-corrected chi connectivity index (χ4v) is 11.8. The van der Waals surface area contributed by atoms with Gasteiger partial charge in [-0.2, -0.15) is 0 Å². The molecule has 4 fully saturated rings. The molecule has 0 aromatic heterocycles. The number of ketones is 2. The highest BCUT2D eigenvalue weighted by Crippen LogP contribution is 2.75. The summed E-state index contributed by atoms with van der Waals surface area (Å²) in [7, 11) is 1.43. The lowest BCUT2D eigenvalue weighted by molar-refractivity contribution is -0.244. The second-order valence-electron chi connectivity index (χ2n) is 16.4. The minimum Gasteiger partial charge on any atom is -0.469 e. The molecule has 0 aromatic carbocycles. The number of hydrogen-bond acceptors (Lipinski definition) is 10. The maximum atomic E-state index is 14.9. The molecule has 0 saturated heterocycles. The minimum absolute atomic E-state index is 0.0834. The highest BCUT2D eigenvalue weighted by molar-refractivity contribution is 5.99. The molecule has 0 radical (unpaired) electrons. The number of fused-ring (bicyclic) bond motifs is 7. The van der Waals surface area contributed by atoms with Crippen LogP contribution in [0.4, 0.5) is 0 Å². The van der Waals surface area contributed by atoms with Crippen molar-refractivity contribution in [3.05, 3.63) is 11.6 Å². The average Bonchev–Trinajstić information content (AvgIpc) is 2.95. The van der Waals surface area contributed by atoms with Crippen molar-refractivity contribution in [2.75, 3.05) is 13.7 Å². The van der Waals surface area contributed by atoms with Gasteiger partial charge in [0.1, 0.15) is 24.6 Å². The first-order chi connectivity index (χ1) is 21.7. The van der Waals surface area contributed by atoms with Crippen LogP contribution in [0.15, 0.2) is 11.6 Å². The van der Waals surface area contributed by atoms with Gasteiger partial charge in [-0.3, -0.25) is 28.8 Å². The van der Waals surface area contributed by atoms with Gasteiger partial charge >= 0.3 is 23.9 Å². The van der Waals surface area contributed by atoms with Gasteiger partial charge in [0.2, 0.25) is 0 Å². The van der Waals surface area contributed by atoms with E-state index in [1.54, 1.807) is 13.0 Å². The van der Waals surface area contributed by atoms with E-state index in [0.29, 0.717) is 25.2 Å². The monoisotopic (exact) mass is 656 g/mol. The van der Waals surface area contributed by atoms with Gasteiger partial charge in [0, 0.05) is 39.0 Å². The number of hydrogen-bond donors (Lipinski definition) is 0. The molecule has 10 heteroatoms. The van der Waals surface area contributed by atoms with Gasteiger partial charge in [-0.15, -0.1) is 0 Å². The second-order valence-corrected chi connectivity index (χ2v) is 16.4. The van der Waals surface area contributed by atoms with Crippen LogP contribution in [0, 0.1) is 56.7 Å². The Balaban J connectivity index is 1.72. The summed E-state index contributed by atoms with van der Waals surface area (Å²) in [5, 5.41) is 0. The number of allylic oxidation sites excluding steroid dienone is 2. The van der Waals surface area contributed by atoms with Gasteiger partial charge < -0.3 is 18.9 Å². The maximum Gasteiger partial charge on any atom is 0.312 e. The molecule has 0 bridgehead atoms. The van der Waals surface area contributed by atoms with Crippen molar-refractivity contribution in [1.29, 1.82) is 0 Å². The van der Waals surface area contributed by atoms with Gasteiger partial charge in [0.25, 0.3) is 0 Å². The van der Waals surface area contributed by atoms with Crippen LogP contribution in [-0.2, 0) is 47.7 Å². The van der Waals surface area contributed by atoms with E-state index in [9.17, 15) is 28.8 Å². The molecule has 10 nitrogen and oxygen atoms in total. The van der Waals surface area contributed by atoms with Crippen molar-refractivity contribution >= 4 is 35.4 Å². The number of rotatable bonds is 5. The van der Waals surface area contributed by atoms with Crippen LogP contribution >= 0.6 is 0 Å². The van der Waals surface area contributed by atoms with E-state index >= 15 is 0 Å². The van der Waals surface area contributed by atoms with Crippen molar-refractivity contribution in [2.24, 2.45) is 56.7 Å². The standard InChI is InChI=1S/C37H52O10/c1-19-11-12-37(32(43)44-10)14-13-35(8)24(28(37)20(19)2)15-25(41)30-33(6)17-27(46-22(4)39)31(47-23(5)40)34(7,18-45-21(3)38)29(33)26(42)16-36(30,35)9/h15,19-20,27-31H,11-14,16-18H2,1-10H3/t19-,20+,27-,28-,29-,30-,31+,33+,34+,35-,36-,37+/m1/s1. The van der Waals surface area contributed by atoms with Crippen molar-refractivity contribution in [2.45, 2.75) is 113 Å². The molecule has 0 aromatic rings. The molecule has 5 rings (SSSR count). The van der Waals surface area contributed by atoms with Crippen molar-refractivity contribution in [1.82, 2.24) is 0 Å². The van der Waals surface area contributed by atoms with Crippen molar-refractivity contribution < 1.29 is 47.7 Å². The highest BCUT2D eigenvalue weighted by atomic mass is 16.6. The quantitative estimate of drug-likeness (QED) is 0.287. The predicted octanol–water partition coefficient (Wildman–Crippen LogP) is 5.19. The molecule has 0 unspecified atom stereocenters. The zero-order valence-corrected chi connectivity index (χ0v) is 29.7. The number of carbonyl (C=O) groups is 6. The van der Waals surface area contributed by atoms with Crippen LogP contribution in [-0.4, -0.2) is 61.4 Å². The molecular formula is C37H52O10. The molecular weight excluding hydrogens is 604 g/mol. The first kappa shape index (κ1) is 35.3. The highest BCUT2D eigenvalue weighted by Gasteiger charge is 2.75. The van der Waals surface area contributed by atoms with Gasteiger partial charge in [-0.25, -0.2) is 0 Å². The summed E-state index contributed by atoms with van der Waals surface area (Å²) in [6.45, 7) is 15.7. The minimum atomic E-state index is -1.30. The molecule has 260 valence electrons. The lowest BCUT2D eigenvalue weighted by atomic mass is 9.32. The summed E-state index contributed by atoms with van der Waals surface area (Å²) in [4.78, 5) is 80.4. The fourth-order valence-electron chi connectivity index (χ4n) is 11.8. The largest absolute Gasteiger partial charge is 0.469 e. The predicted molar refractivity (Wildman–Crippen MR) is 169 cm³/mol.